The van der Waals surface area contributed by atoms with E-state index in [2.05, 4.69) is 21.4 Å². The number of nitrogens with one attached hydrogen (secondary N) is 1. The highest BCUT2D eigenvalue weighted by molar-refractivity contribution is 6.30. The van der Waals surface area contributed by atoms with Crippen LogP contribution in [-0.4, -0.2) is 29.0 Å². The summed E-state index contributed by atoms with van der Waals surface area (Å²) in [5.74, 6) is 0.563. The number of benzene rings is 2. The first-order valence-corrected chi connectivity index (χ1v) is 9.78. The Bertz CT molecular complexity index is 974. The van der Waals surface area contributed by atoms with E-state index >= 15 is 0 Å². The molecule has 142 valence electrons. The molecule has 0 aliphatic carbocycles. The van der Waals surface area contributed by atoms with E-state index in [0.717, 1.165) is 30.0 Å². The van der Waals surface area contributed by atoms with Gasteiger partial charge in [0.05, 0.1) is 0 Å². The topological polar surface area (TPSA) is 58.1 Å². The van der Waals surface area contributed by atoms with Gasteiger partial charge in [-0.15, -0.1) is 0 Å². The Morgan fingerprint density at radius 2 is 1.93 bits per heavy atom. The van der Waals surface area contributed by atoms with Crippen LogP contribution in [0.4, 0.5) is 11.5 Å². The standard InChI is InChI=1S/C22H21ClN4O/c23-18-9-7-16(8-10-18)11-12-24-21-14-19(25-15-26-21)22(28)27-13-3-5-17-4-1-2-6-20(17)27/h1-2,4,6-10,14-15H,3,5,11-13H2,(H,24,25,26). The lowest BCUT2D eigenvalue weighted by Gasteiger charge is -2.29. The van der Waals surface area contributed by atoms with Crippen LogP contribution in [0.1, 0.15) is 28.0 Å². The van der Waals surface area contributed by atoms with Crippen LogP contribution < -0.4 is 10.2 Å². The molecule has 1 N–H and O–H groups in total. The zero-order valence-electron chi connectivity index (χ0n) is 15.4. The van der Waals surface area contributed by atoms with Crippen LogP contribution in [0.5, 0.6) is 0 Å². The van der Waals surface area contributed by atoms with Gasteiger partial charge in [0.25, 0.3) is 5.91 Å². The molecule has 0 spiro atoms. The monoisotopic (exact) mass is 392 g/mol. The number of carbonyl (C=O) groups is 1. The lowest BCUT2D eigenvalue weighted by Crippen LogP contribution is -2.36. The number of fused-ring (bicyclic) bond motifs is 1. The van der Waals surface area contributed by atoms with Gasteiger partial charge in [-0.1, -0.05) is 41.9 Å². The van der Waals surface area contributed by atoms with Crippen molar-refractivity contribution in [3.05, 3.63) is 82.8 Å². The number of nitrogens with zero attached hydrogens (tertiary/aromatic N) is 3. The van der Waals surface area contributed by atoms with Crippen LogP contribution in [0.2, 0.25) is 5.02 Å². The number of carbonyl (C=O) groups excluding carboxylic acids is 1. The number of aromatic nitrogens is 2. The summed E-state index contributed by atoms with van der Waals surface area (Å²) in [6, 6.07) is 17.6. The second kappa shape index (κ2) is 8.40. The molecule has 1 aliphatic rings. The van der Waals surface area contributed by atoms with Crippen LogP contribution >= 0.6 is 11.6 Å². The average molecular weight is 393 g/mol. The maximum atomic E-state index is 13.0. The minimum absolute atomic E-state index is 0.0877. The molecule has 0 unspecified atom stereocenters. The van der Waals surface area contributed by atoms with Gasteiger partial charge in [0.15, 0.2) is 0 Å². The summed E-state index contributed by atoms with van der Waals surface area (Å²) in [5, 5.41) is 4.00. The van der Waals surface area contributed by atoms with E-state index in [-0.39, 0.29) is 5.91 Å². The predicted molar refractivity (Wildman–Crippen MR) is 112 cm³/mol. The SMILES string of the molecule is O=C(c1cc(NCCc2ccc(Cl)cc2)ncn1)N1CCCc2ccccc21. The molecular weight excluding hydrogens is 372 g/mol. The van der Waals surface area contributed by atoms with Gasteiger partial charge in [-0.2, -0.15) is 0 Å². The number of hydrogen-bond acceptors (Lipinski definition) is 4. The van der Waals surface area contributed by atoms with Crippen molar-refractivity contribution in [2.45, 2.75) is 19.3 Å². The molecule has 1 amide bonds. The molecule has 0 atom stereocenters. The molecule has 1 aromatic heterocycles. The van der Waals surface area contributed by atoms with E-state index in [1.807, 2.05) is 47.4 Å². The molecule has 1 aliphatic heterocycles. The van der Waals surface area contributed by atoms with E-state index in [0.29, 0.717) is 24.6 Å². The maximum Gasteiger partial charge on any atom is 0.277 e. The van der Waals surface area contributed by atoms with Crippen molar-refractivity contribution < 1.29 is 4.79 Å². The predicted octanol–water partition coefficient (Wildman–Crippen LogP) is 4.38. The average Bonchev–Trinajstić information content (AvgIpc) is 2.74. The Labute approximate surface area is 169 Å². The fraction of sp³-hybridized carbons (Fsp3) is 0.227. The summed E-state index contributed by atoms with van der Waals surface area (Å²) in [6.45, 7) is 1.41. The normalized spacial score (nSPS) is 13.1. The quantitative estimate of drug-likeness (QED) is 0.700. The molecular formula is C22H21ClN4O. The van der Waals surface area contributed by atoms with Crippen molar-refractivity contribution in [1.29, 1.82) is 0 Å². The lowest BCUT2D eigenvalue weighted by molar-refractivity contribution is 0.0980. The van der Waals surface area contributed by atoms with E-state index < -0.39 is 0 Å². The number of anilines is 2. The Morgan fingerprint density at radius 3 is 2.79 bits per heavy atom. The largest absolute Gasteiger partial charge is 0.370 e. The van der Waals surface area contributed by atoms with Crippen LogP contribution in [-0.2, 0) is 12.8 Å². The van der Waals surface area contributed by atoms with Crippen LogP contribution in [0.3, 0.4) is 0 Å². The van der Waals surface area contributed by atoms with E-state index in [1.165, 1.54) is 17.5 Å². The number of rotatable bonds is 5. The van der Waals surface area contributed by atoms with Crippen LogP contribution in [0.15, 0.2) is 60.9 Å². The second-order valence-electron chi connectivity index (χ2n) is 6.78. The molecule has 0 radical (unpaired) electrons. The minimum Gasteiger partial charge on any atom is -0.370 e. The van der Waals surface area contributed by atoms with E-state index in [1.54, 1.807) is 6.07 Å². The summed E-state index contributed by atoms with van der Waals surface area (Å²) in [4.78, 5) is 23.3. The molecule has 2 heterocycles. The van der Waals surface area contributed by atoms with Crippen molar-refractivity contribution in [2.24, 2.45) is 0 Å². The van der Waals surface area contributed by atoms with E-state index in [4.69, 9.17) is 11.6 Å². The van der Waals surface area contributed by atoms with Crippen molar-refractivity contribution in [1.82, 2.24) is 9.97 Å². The molecule has 0 saturated carbocycles. The van der Waals surface area contributed by atoms with Gasteiger partial charge in [0, 0.05) is 29.9 Å². The van der Waals surface area contributed by atoms with Crippen LogP contribution in [0, 0.1) is 0 Å². The molecule has 2 aromatic carbocycles. The molecule has 3 aromatic rings. The zero-order valence-corrected chi connectivity index (χ0v) is 16.2. The number of para-hydroxylation sites is 1. The Hall–Kier alpha value is -2.92. The Morgan fingerprint density at radius 1 is 1.11 bits per heavy atom. The first kappa shape index (κ1) is 18.4. The lowest BCUT2D eigenvalue weighted by atomic mass is 10.0. The fourth-order valence-electron chi connectivity index (χ4n) is 3.44. The first-order valence-electron chi connectivity index (χ1n) is 9.41. The van der Waals surface area contributed by atoms with Gasteiger partial charge >= 0.3 is 0 Å². The van der Waals surface area contributed by atoms with Gasteiger partial charge in [-0.25, -0.2) is 9.97 Å². The van der Waals surface area contributed by atoms with Crippen molar-refractivity contribution >= 4 is 29.0 Å². The third-order valence-corrected chi connectivity index (χ3v) is 5.13. The van der Waals surface area contributed by atoms with Gasteiger partial charge in [-0.3, -0.25) is 4.79 Å². The Balaban J connectivity index is 1.43. The molecule has 4 rings (SSSR count). The highest BCUT2D eigenvalue weighted by Crippen LogP contribution is 2.28. The maximum absolute atomic E-state index is 13.0. The molecule has 0 saturated heterocycles. The molecule has 28 heavy (non-hydrogen) atoms. The van der Waals surface area contributed by atoms with Crippen molar-refractivity contribution in [3.63, 3.8) is 0 Å². The summed E-state index contributed by atoms with van der Waals surface area (Å²) >= 11 is 5.92. The fourth-order valence-corrected chi connectivity index (χ4v) is 3.57. The van der Waals surface area contributed by atoms with E-state index in [9.17, 15) is 4.79 Å². The van der Waals surface area contributed by atoms with Gasteiger partial charge < -0.3 is 10.2 Å². The molecule has 0 bridgehead atoms. The number of halogens is 1. The van der Waals surface area contributed by atoms with Gasteiger partial charge in [-0.05, 0) is 48.6 Å². The van der Waals surface area contributed by atoms with Gasteiger partial charge in [0.2, 0.25) is 0 Å². The smallest absolute Gasteiger partial charge is 0.277 e. The summed E-state index contributed by atoms with van der Waals surface area (Å²) in [5.41, 5.74) is 3.78. The molecule has 6 heteroatoms. The van der Waals surface area contributed by atoms with Crippen LogP contribution in [0.25, 0.3) is 0 Å². The third kappa shape index (κ3) is 4.15. The number of aryl methyl sites for hydroxylation is 1. The second-order valence-corrected chi connectivity index (χ2v) is 7.22. The Kier molecular flexibility index (Phi) is 5.53. The minimum atomic E-state index is -0.0877. The molecule has 0 fully saturated rings. The third-order valence-electron chi connectivity index (χ3n) is 4.87. The molecule has 5 nitrogen and oxygen atoms in total. The van der Waals surface area contributed by atoms with Gasteiger partial charge in [0.1, 0.15) is 17.8 Å². The summed E-state index contributed by atoms with van der Waals surface area (Å²) in [6.07, 6.45) is 4.24. The number of hydrogen-bond donors (Lipinski definition) is 1. The number of amides is 1. The zero-order chi connectivity index (χ0) is 19.3. The van der Waals surface area contributed by atoms with Crippen molar-refractivity contribution in [3.8, 4) is 0 Å². The van der Waals surface area contributed by atoms with Crippen molar-refractivity contribution in [2.75, 3.05) is 23.3 Å². The highest BCUT2D eigenvalue weighted by Gasteiger charge is 2.24. The summed E-state index contributed by atoms with van der Waals surface area (Å²) < 4.78 is 0. The highest BCUT2D eigenvalue weighted by atomic mass is 35.5. The first-order chi connectivity index (χ1) is 13.7. The summed E-state index contributed by atoms with van der Waals surface area (Å²) in [7, 11) is 0.